The summed E-state index contributed by atoms with van der Waals surface area (Å²) in [6, 6.07) is 25.2. The quantitative estimate of drug-likeness (QED) is 0.140. The highest BCUT2D eigenvalue weighted by Crippen LogP contribution is 2.42. The highest BCUT2D eigenvalue weighted by Gasteiger charge is 2.34. The van der Waals surface area contributed by atoms with E-state index in [0.29, 0.717) is 30.2 Å². The first-order valence-electron chi connectivity index (χ1n) is 22.3. The molecule has 0 radical (unpaired) electrons. The van der Waals surface area contributed by atoms with Crippen molar-refractivity contribution in [3.05, 3.63) is 146 Å². The van der Waals surface area contributed by atoms with Crippen LogP contribution < -0.4 is 0 Å². The smallest absolute Gasteiger partial charge is 0.254 e. The van der Waals surface area contributed by atoms with Gasteiger partial charge in [0.25, 0.3) is 11.8 Å². The van der Waals surface area contributed by atoms with Gasteiger partial charge in [0, 0.05) is 67.0 Å². The van der Waals surface area contributed by atoms with Crippen LogP contribution in [0.3, 0.4) is 0 Å². The molecule has 6 aromatic rings. The number of aryl methyl sites for hydroxylation is 6. The van der Waals surface area contributed by atoms with Crippen molar-refractivity contribution in [3.63, 3.8) is 0 Å². The van der Waals surface area contributed by atoms with Crippen molar-refractivity contribution in [3.8, 4) is 35.0 Å². The number of imidazole rings is 1. The number of aromatic nitrogens is 5. The Morgan fingerprint density at radius 2 is 1.33 bits per heavy atom. The maximum atomic E-state index is 13.6. The molecule has 0 bridgehead atoms. The monoisotopic (exact) mass is 841 g/mol. The molecule has 2 aromatic heterocycles. The Balaban J connectivity index is 0.000000174. The zero-order valence-corrected chi connectivity index (χ0v) is 37.8. The van der Waals surface area contributed by atoms with Crippen molar-refractivity contribution in [1.29, 1.82) is 0 Å². The van der Waals surface area contributed by atoms with Crippen LogP contribution in [0, 0.1) is 53.9 Å². The first-order valence-corrected chi connectivity index (χ1v) is 22.3. The molecule has 9 rings (SSSR count). The van der Waals surface area contributed by atoms with Crippen molar-refractivity contribution < 1.29 is 14.3 Å². The van der Waals surface area contributed by atoms with E-state index in [1.807, 2.05) is 54.8 Å². The van der Waals surface area contributed by atoms with Crippen LogP contribution in [0.5, 0.6) is 0 Å². The predicted octanol–water partition coefficient (Wildman–Crippen LogP) is 10.1. The van der Waals surface area contributed by atoms with Crippen LogP contribution in [0.2, 0.25) is 0 Å². The lowest BCUT2D eigenvalue weighted by molar-refractivity contribution is 0.0601. The first kappa shape index (κ1) is 43.3. The molecule has 0 spiro atoms. The first-order chi connectivity index (χ1) is 30.4. The van der Waals surface area contributed by atoms with E-state index in [2.05, 4.69) is 100 Å². The van der Waals surface area contributed by atoms with E-state index in [1.165, 1.54) is 41.5 Å². The SMILES string of the molecule is C#Cc1ccc(C2CCN(C(=O)c3cc(-c4n[nH]c(C)n4)c(C4CCC4)cc3C)CC2)cc1.COCc1[nH]c(C)nc1-c1cc(C(=O)N2CC(c3ccc(C)cc3)C2)c(C)cc1C. The average Bonchev–Trinajstić information content (AvgIpc) is 3.84. The van der Waals surface area contributed by atoms with E-state index >= 15 is 0 Å². The fourth-order valence-electron chi connectivity index (χ4n) is 9.33. The van der Waals surface area contributed by atoms with Crippen LogP contribution in [0.1, 0.15) is 132 Å². The second-order valence-electron chi connectivity index (χ2n) is 17.8. The van der Waals surface area contributed by atoms with Gasteiger partial charge in [-0.25, -0.2) is 9.97 Å². The second-order valence-corrected chi connectivity index (χ2v) is 17.8. The number of nitrogens with one attached hydrogen (secondary N) is 2. The molecule has 3 aliphatic rings. The minimum absolute atomic E-state index is 0.0951. The minimum Gasteiger partial charge on any atom is -0.378 e. The number of benzene rings is 4. The van der Waals surface area contributed by atoms with Gasteiger partial charge < -0.3 is 19.5 Å². The molecule has 0 unspecified atom stereocenters. The number of methoxy groups -OCH3 is 1. The molecule has 10 nitrogen and oxygen atoms in total. The third-order valence-corrected chi connectivity index (χ3v) is 13.3. The van der Waals surface area contributed by atoms with Gasteiger partial charge in [-0.2, -0.15) is 5.10 Å². The van der Waals surface area contributed by atoms with Crippen LogP contribution in [-0.4, -0.2) is 80.1 Å². The number of hydrogen-bond donors (Lipinski definition) is 2. The molecule has 2 aliphatic heterocycles. The number of terminal acetylenes is 1. The maximum absolute atomic E-state index is 13.6. The predicted molar refractivity (Wildman–Crippen MR) is 249 cm³/mol. The molecule has 3 fully saturated rings. The van der Waals surface area contributed by atoms with E-state index in [9.17, 15) is 9.59 Å². The Hall–Kier alpha value is -6.31. The Morgan fingerprint density at radius 1 is 0.714 bits per heavy atom. The van der Waals surface area contributed by atoms with Gasteiger partial charge in [0.1, 0.15) is 11.6 Å². The van der Waals surface area contributed by atoms with Gasteiger partial charge in [-0.05, 0) is 137 Å². The molecular formula is C53H59N7O3. The zero-order chi connectivity index (χ0) is 44.4. The number of aromatic amines is 2. The number of piperidine rings is 1. The van der Waals surface area contributed by atoms with Gasteiger partial charge in [0.05, 0.1) is 18.0 Å². The maximum Gasteiger partial charge on any atom is 0.254 e. The lowest BCUT2D eigenvalue weighted by atomic mass is 9.77. The number of likely N-dealkylation sites (tertiary alicyclic amines) is 2. The molecular weight excluding hydrogens is 783 g/mol. The summed E-state index contributed by atoms with van der Waals surface area (Å²) in [5, 5.41) is 7.37. The number of carbonyl (C=O) groups excluding carboxylic acids is 2. The number of H-pyrrole nitrogens is 2. The molecule has 1 aliphatic carbocycles. The number of rotatable bonds is 9. The van der Waals surface area contributed by atoms with Gasteiger partial charge in [0.15, 0.2) is 5.82 Å². The van der Waals surface area contributed by atoms with E-state index in [1.54, 1.807) is 7.11 Å². The number of nitrogens with zero attached hydrogens (tertiary/aromatic N) is 5. The van der Waals surface area contributed by atoms with E-state index in [4.69, 9.17) is 11.2 Å². The molecule has 2 saturated heterocycles. The topological polar surface area (TPSA) is 120 Å². The second kappa shape index (κ2) is 18.6. The lowest BCUT2D eigenvalue weighted by Crippen LogP contribution is -2.48. The molecule has 63 heavy (non-hydrogen) atoms. The summed E-state index contributed by atoms with van der Waals surface area (Å²) < 4.78 is 5.32. The zero-order valence-electron chi connectivity index (χ0n) is 37.8. The summed E-state index contributed by atoms with van der Waals surface area (Å²) >= 11 is 0. The lowest BCUT2D eigenvalue weighted by Gasteiger charge is -2.40. The van der Waals surface area contributed by atoms with E-state index in [-0.39, 0.29) is 11.8 Å². The van der Waals surface area contributed by atoms with E-state index in [0.717, 1.165) is 107 Å². The molecule has 1 saturated carbocycles. The van der Waals surface area contributed by atoms with Crippen molar-refractivity contribution in [1.82, 2.24) is 34.9 Å². The summed E-state index contributed by atoms with van der Waals surface area (Å²) in [7, 11) is 1.67. The van der Waals surface area contributed by atoms with Crippen molar-refractivity contribution >= 4 is 11.8 Å². The summed E-state index contributed by atoms with van der Waals surface area (Å²) in [5.41, 5.74) is 14.5. The Bertz CT molecular complexity index is 2650. The molecule has 10 heteroatoms. The van der Waals surface area contributed by atoms with Gasteiger partial charge in [-0.3, -0.25) is 14.7 Å². The number of amides is 2. The summed E-state index contributed by atoms with van der Waals surface area (Å²) in [6.45, 7) is 15.6. The Kier molecular flexibility index (Phi) is 12.8. The standard InChI is InChI=1S/C28H30N4O.C25H29N3O2/c1-4-20-8-10-21(11-9-20)22-12-14-32(15-13-22)28(33)24-17-26(27-29-19(3)30-31-27)25(16-18(24)2)23-6-5-7-23;1-15-6-8-19(9-7-15)20-12-28(13-20)25(29)22-11-21(16(2)10-17(22)3)24-23(14-30-5)26-18(4)27-24/h1,8-11,16-17,22-23H,5-7,12-15H2,2-3H3,(H,29,30,31);6-11,20H,12-14H2,1-5H3,(H,26,27). The van der Waals surface area contributed by atoms with E-state index < -0.39 is 0 Å². The summed E-state index contributed by atoms with van der Waals surface area (Å²) in [5.74, 6) is 6.63. The van der Waals surface area contributed by atoms with Crippen LogP contribution >= 0.6 is 0 Å². The summed E-state index contributed by atoms with van der Waals surface area (Å²) in [6.07, 6.45) is 11.1. The Morgan fingerprint density at radius 3 is 1.94 bits per heavy atom. The average molecular weight is 842 g/mol. The van der Waals surface area contributed by atoms with Crippen LogP contribution in [-0.2, 0) is 11.3 Å². The molecule has 324 valence electrons. The third kappa shape index (κ3) is 9.26. The van der Waals surface area contributed by atoms with Gasteiger partial charge in [0.2, 0.25) is 0 Å². The fraction of sp³-hybridized carbons (Fsp3) is 0.377. The highest BCUT2D eigenvalue weighted by molar-refractivity contribution is 5.98. The number of hydrogen-bond acceptors (Lipinski definition) is 6. The minimum atomic E-state index is 0.0951. The molecule has 4 heterocycles. The van der Waals surface area contributed by atoms with Gasteiger partial charge >= 0.3 is 0 Å². The van der Waals surface area contributed by atoms with Crippen molar-refractivity contribution in [2.75, 3.05) is 33.3 Å². The molecule has 2 amide bonds. The molecule has 0 atom stereocenters. The van der Waals surface area contributed by atoms with Gasteiger partial charge in [-0.15, -0.1) is 6.42 Å². The van der Waals surface area contributed by atoms with Crippen LogP contribution in [0.15, 0.2) is 72.8 Å². The normalized spacial score (nSPS) is 15.6. The van der Waals surface area contributed by atoms with Crippen LogP contribution in [0.4, 0.5) is 0 Å². The number of ether oxygens (including phenoxy) is 1. The Labute approximate surface area is 371 Å². The van der Waals surface area contributed by atoms with Crippen molar-refractivity contribution in [2.45, 2.75) is 98.0 Å². The van der Waals surface area contributed by atoms with Gasteiger partial charge in [-0.1, -0.05) is 66.4 Å². The number of carbonyl (C=O) groups is 2. The van der Waals surface area contributed by atoms with Crippen LogP contribution in [0.25, 0.3) is 22.6 Å². The largest absolute Gasteiger partial charge is 0.378 e. The molecule has 2 N–H and O–H groups in total. The highest BCUT2D eigenvalue weighted by atomic mass is 16.5. The third-order valence-electron chi connectivity index (χ3n) is 13.3. The molecule has 4 aromatic carbocycles. The fourth-order valence-corrected chi connectivity index (χ4v) is 9.33. The van der Waals surface area contributed by atoms with Crippen molar-refractivity contribution in [2.24, 2.45) is 0 Å². The summed E-state index contributed by atoms with van der Waals surface area (Å²) in [4.78, 5) is 43.3.